The van der Waals surface area contributed by atoms with Gasteiger partial charge in [-0.05, 0) is 12.8 Å². The fourth-order valence-electron chi connectivity index (χ4n) is 2.56. The summed E-state index contributed by atoms with van der Waals surface area (Å²) in [6.07, 6.45) is 1.35. The molecule has 0 saturated carbocycles. The summed E-state index contributed by atoms with van der Waals surface area (Å²) in [6, 6.07) is -0.529. The van der Waals surface area contributed by atoms with Crippen molar-refractivity contribution in [1.29, 1.82) is 0 Å². The van der Waals surface area contributed by atoms with Gasteiger partial charge in [-0.2, -0.15) is 8.42 Å². The Morgan fingerprint density at radius 1 is 1.39 bits per heavy atom. The van der Waals surface area contributed by atoms with Crippen LogP contribution in [-0.4, -0.2) is 50.0 Å². The van der Waals surface area contributed by atoms with Crippen molar-refractivity contribution >= 4 is 22.0 Å². The fraction of sp³-hybridized carbons (Fsp3) is 0.800. The van der Waals surface area contributed by atoms with Gasteiger partial charge in [0.25, 0.3) is 0 Å². The third-order valence-electron chi connectivity index (χ3n) is 3.31. The molecule has 18 heavy (non-hydrogen) atoms. The Morgan fingerprint density at radius 3 is 2.72 bits per heavy atom. The van der Waals surface area contributed by atoms with Gasteiger partial charge < -0.3 is 10.2 Å². The maximum atomic E-state index is 12.6. The van der Waals surface area contributed by atoms with E-state index in [-0.39, 0.29) is 24.8 Å². The Hall–Kier alpha value is -1.18. The number of piperidine rings is 1. The zero-order valence-corrected chi connectivity index (χ0v) is 10.6. The molecule has 6 nitrogen and oxygen atoms in total. The maximum Gasteiger partial charge on any atom is 0.302 e. The number of halogens is 1. The Kier molecular flexibility index (Phi) is 3.56. The van der Waals surface area contributed by atoms with Crippen LogP contribution in [0.3, 0.4) is 0 Å². The van der Waals surface area contributed by atoms with Crippen LogP contribution < -0.4 is 5.32 Å². The molecule has 2 aliphatic heterocycles. The van der Waals surface area contributed by atoms with E-state index in [1.54, 1.807) is 0 Å². The minimum atomic E-state index is -4.58. The minimum Gasteiger partial charge on any atom is -0.354 e. The van der Waals surface area contributed by atoms with E-state index in [0.29, 0.717) is 13.0 Å². The second-order valence-corrected chi connectivity index (χ2v) is 6.18. The second kappa shape index (κ2) is 4.83. The van der Waals surface area contributed by atoms with E-state index in [9.17, 15) is 21.9 Å². The molecule has 0 aromatic rings. The molecule has 2 heterocycles. The lowest BCUT2D eigenvalue weighted by Crippen LogP contribution is -2.51. The Balaban J connectivity index is 2.02. The summed E-state index contributed by atoms with van der Waals surface area (Å²) in [4.78, 5) is 24.7. The van der Waals surface area contributed by atoms with Crippen LogP contribution in [0.1, 0.15) is 19.3 Å². The summed E-state index contributed by atoms with van der Waals surface area (Å²) in [7, 11) is -4.58. The SMILES string of the molecule is O=C1NCCCC1N1CC(CS(=O)(=O)F)CC1=O. The van der Waals surface area contributed by atoms with Gasteiger partial charge in [0.05, 0.1) is 5.75 Å². The number of carbonyl (C=O) groups is 2. The number of carbonyl (C=O) groups excluding carboxylic acids is 2. The molecule has 2 fully saturated rings. The van der Waals surface area contributed by atoms with Crippen molar-refractivity contribution in [2.24, 2.45) is 5.92 Å². The molecule has 8 heteroatoms. The van der Waals surface area contributed by atoms with Crippen molar-refractivity contribution in [3.63, 3.8) is 0 Å². The van der Waals surface area contributed by atoms with Crippen molar-refractivity contribution in [2.75, 3.05) is 18.8 Å². The zero-order chi connectivity index (χ0) is 13.3. The van der Waals surface area contributed by atoms with Gasteiger partial charge >= 0.3 is 10.2 Å². The first kappa shape index (κ1) is 13.3. The quantitative estimate of drug-likeness (QED) is 0.700. The molecule has 0 aliphatic carbocycles. The lowest BCUT2D eigenvalue weighted by molar-refractivity contribution is -0.138. The van der Waals surface area contributed by atoms with Crippen molar-refractivity contribution in [1.82, 2.24) is 10.2 Å². The molecule has 0 radical (unpaired) electrons. The molecule has 2 unspecified atom stereocenters. The van der Waals surface area contributed by atoms with E-state index in [4.69, 9.17) is 0 Å². The number of amides is 2. The largest absolute Gasteiger partial charge is 0.354 e. The molecule has 0 aromatic carbocycles. The van der Waals surface area contributed by atoms with Crippen molar-refractivity contribution in [3.05, 3.63) is 0 Å². The summed E-state index contributed by atoms with van der Waals surface area (Å²) in [5.41, 5.74) is 0. The average molecular weight is 278 g/mol. The topological polar surface area (TPSA) is 83.6 Å². The van der Waals surface area contributed by atoms with Crippen LogP contribution in [0, 0.1) is 5.92 Å². The summed E-state index contributed by atoms with van der Waals surface area (Å²) in [5, 5.41) is 2.67. The molecular formula is C10H15FN2O4S. The molecule has 0 aromatic heterocycles. The van der Waals surface area contributed by atoms with E-state index in [1.807, 2.05) is 0 Å². The predicted molar refractivity (Wildman–Crippen MR) is 60.7 cm³/mol. The number of nitrogens with one attached hydrogen (secondary N) is 1. The van der Waals surface area contributed by atoms with Gasteiger partial charge in [-0.1, -0.05) is 0 Å². The molecule has 2 amide bonds. The normalized spacial score (nSPS) is 29.5. The van der Waals surface area contributed by atoms with E-state index in [0.717, 1.165) is 6.42 Å². The van der Waals surface area contributed by atoms with E-state index < -0.39 is 27.9 Å². The van der Waals surface area contributed by atoms with Crippen molar-refractivity contribution < 1.29 is 21.9 Å². The highest BCUT2D eigenvalue weighted by Gasteiger charge is 2.39. The van der Waals surface area contributed by atoms with E-state index >= 15 is 0 Å². The van der Waals surface area contributed by atoms with Crippen molar-refractivity contribution in [3.8, 4) is 0 Å². The van der Waals surface area contributed by atoms with Crippen LogP contribution in [0.5, 0.6) is 0 Å². The van der Waals surface area contributed by atoms with Crippen LogP contribution in [-0.2, 0) is 19.8 Å². The Bertz CT molecular complexity index is 464. The van der Waals surface area contributed by atoms with Gasteiger partial charge in [-0.25, -0.2) is 0 Å². The molecule has 2 saturated heterocycles. The molecule has 0 spiro atoms. The maximum absolute atomic E-state index is 12.6. The highest BCUT2D eigenvalue weighted by molar-refractivity contribution is 7.86. The standard InChI is InChI=1S/C10H15FN2O4S/c11-18(16,17)6-7-4-9(14)13(5-7)8-2-1-3-12-10(8)15/h7-8H,1-6H2,(H,12,15). The molecule has 2 rings (SSSR count). The second-order valence-electron chi connectivity index (χ2n) is 4.77. The summed E-state index contributed by atoms with van der Waals surface area (Å²) >= 11 is 0. The average Bonchev–Trinajstić information content (AvgIpc) is 2.57. The first-order chi connectivity index (χ1) is 8.37. The zero-order valence-electron chi connectivity index (χ0n) is 9.76. The number of rotatable bonds is 3. The van der Waals surface area contributed by atoms with Gasteiger partial charge in [0.2, 0.25) is 11.8 Å². The monoisotopic (exact) mass is 278 g/mol. The number of hydrogen-bond donors (Lipinski definition) is 1. The lowest BCUT2D eigenvalue weighted by Gasteiger charge is -2.30. The van der Waals surface area contributed by atoms with Gasteiger partial charge in [-0.3, -0.25) is 9.59 Å². The first-order valence-electron chi connectivity index (χ1n) is 5.86. The van der Waals surface area contributed by atoms with Crippen LogP contribution in [0.25, 0.3) is 0 Å². The molecular weight excluding hydrogens is 263 g/mol. The highest BCUT2D eigenvalue weighted by atomic mass is 32.3. The summed E-state index contributed by atoms with van der Waals surface area (Å²) in [6.45, 7) is 0.736. The van der Waals surface area contributed by atoms with Crippen LogP contribution in [0.2, 0.25) is 0 Å². The van der Waals surface area contributed by atoms with Gasteiger partial charge in [0.15, 0.2) is 0 Å². The van der Waals surface area contributed by atoms with Gasteiger partial charge in [-0.15, -0.1) is 3.89 Å². The molecule has 1 N–H and O–H groups in total. The first-order valence-corrected chi connectivity index (χ1v) is 7.41. The number of nitrogens with zero attached hydrogens (tertiary/aromatic N) is 1. The summed E-state index contributed by atoms with van der Waals surface area (Å²) < 4.78 is 33.7. The van der Waals surface area contributed by atoms with Gasteiger partial charge in [0.1, 0.15) is 6.04 Å². The van der Waals surface area contributed by atoms with Crippen LogP contribution in [0.4, 0.5) is 3.89 Å². The van der Waals surface area contributed by atoms with Gasteiger partial charge in [0, 0.05) is 25.4 Å². The number of likely N-dealkylation sites (tertiary alicyclic amines) is 1. The fourth-order valence-corrected chi connectivity index (χ4v) is 3.34. The molecule has 2 atom stereocenters. The molecule has 0 bridgehead atoms. The van der Waals surface area contributed by atoms with E-state index in [1.165, 1.54) is 4.90 Å². The Morgan fingerprint density at radius 2 is 2.11 bits per heavy atom. The molecule has 102 valence electrons. The Labute approximate surface area is 105 Å². The minimum absolute atomic E-state index is 0.00701. The van der Waals surface area contributed by atoms with Crippen LogP contribution >= 0.6 is 0 Å². The highest BCUT2D eigenvalue weighted by Crippen LogP contribution is 2.24. The lowest BCUT2D eigenvalue weighted by atomic mass is 10.1. The van der Waals surface area contributed by atoms with Crippen LogP contribution in [0.15, 0.2) is 0 Å². The van der Waals surface area contributed by atoms with E-state index in [2.05, 4.69) is 5.32 Å². The number of hydrogen-bond acceptors (Lipinski definition) is 4. The van der Waals surface area contributed by atoms with Crippen molar-refractivity contribution in [2.45, 2.75) is 25.3 Å². The molecule has 2 aliphatic rings. The summed E-state index contributed by atoms with van der Waals surface area (Å²) in [5.74, 6) is -1.69. The smallest absolute Gasteiger partial charge is 0.302 e. The third kappa shape index (κ3) is 2.98. The predicted octanol–water partition coefficient (Wildman–Crippen LogP) is -0.587. The third-order valence-corrected chi connectivity index (χ3v) is 4.18.